The first-order valence-electron chi connectivity index (χ1n) is 8.50. The van der Waals surface area contributed by atoms with Crippen LogP contribution in [0.15, 0.2) is 0 Å². The van der Waals surface area contributed by atoms with Crippen LogP contribution in [0.5, 0.6) is 0 Å². The van der Waals surface area contributed by atoms with Gasteiger partial charge in [-0.25, -0.2) is 0 Å². The van der Waals surface area contributed by atoms with Gasteiger partial charge in [0.2, 0.25) is 0 Å². The molecular formula is C17H36Cl4N2. The Hall–Kier alpha value is 1.08. The molecule has 0 radical (unpaired) electrons. The van der Waals surface area contributed by atoms with Crippen molar-refractivity contribution in [3.8, 4) is 0 Å². The van der Waals surface area contributed by atoms with Crippen LogP contribution >= 0.6 is 46.4 Å². The predicted octanol–water partition coefficient (Wildman–Crippen LogP) is 5.38. The zero-order valence-electron chi connectivity index (χ0n) is 15.4. The molecule has 1 saturated carbocycles. The minimum absolute atomic E-state index is 0.668. The smallest absolute Gasteiger partial charge is 0.0351 e. The average Bonchev–Trinajstić information content (AvgIpc) is 3.19. The van der Waals surface area contributed by atoms with Crippen molar-refractivity contribution in [3.63, 3.8) is 0 Å². The number of hydrogen-bond acceptors (Lipinski definition) is 2. The summed E-state index contributed by atoms with van der Waals surface area (Å²) in [6.45, 7) is 8.49. The van der Waals surface area contributed by atoms with Gasteiger partial charge in [0.15, 0.2) is 0 Å². The van der Waals surface area contributed by atoms with Crippen LogP contribution in [-0.4, -0.2) is 73.6 Å². The van der Waals surface area contributed by atoms with Crippen molar-refractivity contribution in [1.29, 1.82) is 0 Å². The number of hydrogen-bond donors (Lipinski definition) is 0. The Morgan fingerprint density at radius 2 is 1.13 bits per heavy atom. The van der Waals surface area contributed by atoms with Crippen LogP contribution in [0.1, 0.15) is 39.5 Å². The third-order valence-electron chi connectivity index (χ3n) is 3.81. The van der Waals surface area contributed by atoms with Gasteiger partial charge in [0.05, 0.1) is 0 Å². The molecule has 0 aromatic heterocycles. The first-order chi connectivity index (χ1) is 10.9. The highest BCUT2D eigenvalue weighted by molar-refractivity contribution is 6.18. The van der Waals surface area contributed by atoms with E-state index in [2.05, 4.69) is 30.7 Å². The van der Waals surface area contributed by atoms with Crippen molar-refractivity contribution in [1.82, 2.24) is 9.80 Å². The number of nitrogens with zero attached hydrogens (tertiary/aromatic N) is 2. The van der Waals surface area contributed by atoms with Crippen LogP contribution < -0.4 is 0 Å². The van der Waals surface area contributed by atoms with E-state index in [0.29, 0.717) is 17.2 Å². The summed E-state index contributed by atoms with van der Waals surface area (Å²) in [6.07, 6.45) is 5.24. The number of rotatable bonds is 10. The van der Waals surface area contributed by atoms with Crippen molar-refractivity contribution in [2.24, 2.45) is 5.41 Å². The summed E-state index contributed by atoms with van der Waals surface area (Å²) in [4.78, 5) is 4.33. The van der Waals surface area contributed by atoms with Gasteiger partial charge >= 0.3 is 0 Å². The molecule has 0 N–H and O–H groups in total. The molecule has 1 aliphatic rings. The van der Waals surface area contributed by atoms with E-state index in [1.165, 1.54) is 25.7 Å². The second-order valence-corrected chi connectivity index (χ2v) is 7.93. The lowest BCUT2D eigenvalue weighted by Crippen LogP contribution is -2.22. The average molecular weight is 410 g/mol. The van der Waals surface area contributed by atoms with Gasteiger partial charge in [-0.3, -0.25) is 0 Å². The molecule has 0 aliphatic heterocycles. The van der Waals surface area contributed by atoms with Crippen LogP contribution in [-0.2, 0) is 0 Å². The minimum atomic E-state index is 0.668. The molecule has 23 heavy (non-hydrogen) atoms. The van der Waals surface area contributed by atoms with E-state index in [-0.39, 0.29) is 0 Å². The van der Waals surface area contributed by atoms with E-state index in [1.54, 1.807) is 0 Å². The Morgan fingerprint density at radius 3 is 1.35 bits per heavy atom. The molecule has 1 fully saturated rings. The summed E-state index contributed by atoms with van der Waals surface area (Å²) >= 11 is 21.9. The van der Waals surface area contributed by atoms with E-state index in [0.717, 1.165) is 37.9 Å². The fraction of sp³-hybridized carbons (Fsp3) is 1.00. The van der Waals surface area contributed by atoms with Crippen LogP contribution in [0.2, 0.25) is 0 Å². The van der Waals surface area contributed by atoms with Crippen molar-refractivity contribution < 1.29 is 0 Å². The van der Waals surface area contributed by atoms with Crippen molar-refractivity contribution in [3.05, 3.63) is 0 Å². The molecule has 0 saturated heterocycles. The first kappa shape index (κ1) is 26.3. The summed E-state index contributed by atoms with van der Waals surface area (Å²) in [5.74, 6) is 2.97. The van der Waals surface area contributed by atoms with Gasteiger partial charge in [0.25, 0.3) is 0 Å². The van der Waals surface area contributed by atoms with E-state index < -0.39 is 0 Å². The Labute approximate surface area is 164 Å². The molecule has 1 aliphatic carbocycles. The topological polar surface area (TPSA) is 6.48 Å². The summed E-state index contributed by atoms with van der Waals surface area (Å²) in [7, 11) is 4.09. The molecule has 142 valence electrons. The lowest BCUT2D eigenvalue weighted by Gasteiger charge is -2.11. The van der Waals surface area contributed by atoms with Crippen LogP contribution in [0.3, 0.4) is 0 Å². The maximum atomic E-state index is 5.53. The highest BCUT2D eigenvalue weighted by Gasteiger charge is 2.35. The molecule has 1 rings (SSSR count). The fourth-order valence-electron chi connectivity index (χ4n) is 1.73. The highest BCUT2D eigenvalue weighted by Crippen LogP contribution is 2.48. The summed E-state index contributed by atoms with van der Waals surface area (Å²) < 4.78 is 0. The van der Waals surface area contributed by atoms with Gasteiger partial charge < -0.3 is 9.80 Å². The van der Waals surface area contributed by atoms with Gasteiger partial charge in [-0.15, -0.1) is 46.4 Å². The molecular weight excluding hydrogens is 374 g/mol. The molecule has 0 heterocycles. The van der Waals surface area contributed by atoms with Gasteiger partial charge in [-0.2, -0.15) is 0 Å². The SMILES string of the molecule is CC1(CCCl)CC1.CCCN(C)CCCl.CN(CCCl)CCCl. The molecule has 0 atom stereocenters. The predicted molar refractivity (Wildman–Crippen MR) is 110 cm³/mol. The van der Waals surface area contributed by atoms with Gasteiger partial charge in [0, 0.05) is 43.2 Å². The fourth-order valence-corrected chi connectivity index (χ4v) is 3.05. The maximum Gasteiger partial charge on any atom is 0.0351 e. The van der Waals surface area contributed by atoms with Gasteiger partial charge in [-0.1, -0.05) is 13.8 Å². The van der Waals surface area contributed by atoms with Crippen LogP contribution in [0.25, 0.3) is 0 Å². The molecule has 0 amide bonds. The van der Waals surface area contributed by atoms with Crippen LogP contribution in [0, 0.1) is 5.41 Å². The minimum Gasteiger partial charge on any atom is -0.305 e. The third kappa shape index (κ3) is 21.0. The van der Waals surface area contributed by atoms with Crippen molar-refractivity contribution in [2.45, 2.75) is 39.5 Å². The van der Waals surface area contributed by atoms with Gasteiger partial charge in [0.1, 0.15) is 0 Å². The molecule has 0 aromatic rings. The monoisotopic (exact) mass is 408 g/mol. The van der Waals surface area contributed by atoms with E-state index >= 15 is 0 Å². The van der Waals surface area contributed by atoms with Crippen molar-refractivity contribution in [2.75, 3.05) is 63.8 Å². The van der Waals surface area contributed by atoms with Crippen LogP contribution in [0.4, 0.5) is 0 Å². The summed E-state index contributed by atoms with van der Waals surface area (Å²) in [5, 5.41) is 0. The third-order valence-corrected chi connectivity index (χ3v) is 4.50. The Morgan fingerprint density at radius 1 is 0.739 bits per heavy atom. The normalized spacial score (nSPS) is 14.9. The van der Waals surface area contributed by atoms with E-state index in [9.17, 15) is 0 Å². The lowest BCUT2D eigenvalue weighted by molar-refractivity contribution is 0.355. The zero-order chi connectivity index (χ0) is 18.1. The van der Waals surface area contributed by atoms with E-state index in [4.69, 9.17) is 46.4 Å². The van der Waals surface area contributed by atoms with Crippen molar-refractivity contribution >= 4 is 46.4 Å². The molecule has 0 spiro atoms. The number of halogens is 4. The Bertz CT molecular complexity index is 213. The lowest BCUT2D eigenvalue weighted by atomic mass is 10.1. The Balaban J connectivity index is 0. The highest BCUT2D eigenvalue weighted by atomic mass is 35.5. The number of alkyl halides is 4. The molecule has 0 unspecified atom stereocenters. The second-order valence-electron chi connectivity index (χ2n) is 6.42. The Kier molecular flexibility index (Phi) is 20.5. The first-order valence-corrected chi connectivity index (χ1v) is 10.6. The maximum absolute atomic E-state index is 5.53. The largest absolute Gasteiger partial charge is 0.305 e. The second kappa shape index (κ2) is 17.9. The quantitative estimate of drug-likeness (QED) is 0.447. The summed E-state index contributed by atoms with van der Waals surface area (Å²) in [5.41, 5.74) is 0.668. The molecule has 2 nitrogen and oxygen atoms in total. The molecule has 0 bridgehead atoms. The van der Waals surface area contributed by atoms with E-state index in [1.807, 2.05) is 7.05 Å². The molecule has 6 heteroatoms. The standard InChI is InChI=1S/C6H14ClN.C6H11Cl.C5H11Cl2N/c1-3-5-8(2)6-4-7;1-6(2-3-6)4-5-7;1-8(4-2-6)5-3-7/h3-6H2,1-2H3;2-5H2,1H3;2-5H2,1H3. The summed E-state index contributed by atoms with van der Waals surface area (Å²) in [6, 6.07) is 0. The zero-order valence-corrected chi connectivity index (χ0v) is 18.4. The molecule has 0 aromatic carbocycles. The van der Waals surface area contributed by atoms with Gasteiger partial charge in [-0.05, 0) is 51.7 Å².